The van der Waals surface area contributed by atoms with Crippen LogP contribution in [0.15, 0.2) is 48.5 Å². The molecule has 5 nitrogen and oxygen atoms in total. The predicted molar refractivity (Wildman–Crippen MR) is 98.3 cm³/mol. The molecule has 0 spiro atoms. The number of halogens is 1. The van der Waals surface area contributed by atoms with E-state index in [9.17, 15) is 9.59 Å². The zero-order valence-electron chi connectivity index (χ0n) is 13.9. The molecule has 2 aromatic rings. The molecule has 0 bridgehead atoms. The minimum atomic E-state index is -0.297. The Morgan fingerprint density at radius 3 is 2.60 bits per heavy atom. The van der Waals surface area contributed by atoms with E-state index in [0.29, 0.717) is 5.02 Å². The van der Waals surface area contributed by atoms with E-state index in [1.165, 1.54) is 0 Å². The van der Waals surface area contributed by atoms with Gasteiger partial charge in [-0.25, -0.2) is 0 Å². The molecule has 0 saturated heterocycles. The van der Waals surface area contributed by atoms with Gasteiger partial charge in [0.2, 0.25) is 5.91 Å². The smallest absolute Gasteiger partial charge is 0.257 e. The third-order valence-electron chi connectivity index (χ3n) is 4.23. The number of hydrazine groups is 1. The summed E-state index contributed by atoms with van der Waals surface area (Å²) < 4.78 is 0. The van der Waals surface area contributed by atoms with E-state index >= 15 is 0 Å². The molecule has 25 heavy (non-hydrogen) atoms. The highest BCUT2D eigenvalue weighted by atomic mass is 35.5. The molecule has 1 fully saturated rings. The van der Waals surface area contributed by atoms with E-state index in [1.807, 2.05) is 55.5 Å². The monoisotopic (exact) mass is 357 g/mol. The number of nitrogens with one attached hydrogen (secondary N) is 3. The number of rotatable bonds is 5. The van der Waals surface area contributed by atoms with Crippen LogP contribution in [0, 0.1) is 12.8 Å². The van der Waals surface area contributed by atoms with Crippen molar-refractivity contribution in [3.05, 3.63) is 64.7 Å². The topological polar surface area (TPSA) is 70.2 Å². The van der Waals surface area contributed by atoms with Crippen molar-refractivity contribution in [2.45, 2.75) is 19.3 Å². The normalized spacial score (nSPS) is 18.3. The first kappa shape index (κ1) is 17.3. The van der Waals surface area contributed by atoms with Crippen molar-refractivity contribution in [3.8, 4) is 0 Å². The van der Waals surface area contributed by atoms with E-state index in [2.05, 4.69) is 16.2 Å². The van der Waals surface area contributed by atoms with Crippen molar-refractivity contribution in [2.24, 2.45) is 5.92 Å². The van der Waals surface area contributed by atoms with Crippen LogP contribution in [0.4, 0.5) is 5.69 Å². The molecule has 130 valence electrons. The summed E-state index contributed by atoms with van der Waals surface area (Å²) in [5.41, 5.74) is 8.00. The summed E-state index contributed by atoms with van der Waals surface area (Å²) in [5, 5.41) is 3.67. The highest BCUT2D eigenvalue weighted by Crippen LogP contribution is 2.47. The highest BCUT2D eigenvalue weighted by molar-refractivity contribution is 6.30. The summed E-state index contributed by atoms with van der Waals surface area (Å²) in [6.07, 6.45) is 0.768. The number of benzene rings is 2. The van der Waals surface area contributed by atoms with Crippen molar-refractivity contribution in [2.75, 3.05) is 11.9 Å². The summed E-state index contributed by atoms with van der Waals surface area (Å²) >= 11 is 5.98. The first-order valence-corrected chi connectivity index (χ1v) is 8.55. The molecule has 2 aromatic carbocycles. The second-order valence-corrected chi connectivity index (χ2v) is 6.70. The van der Waals surface area contributed by atoms with Crippen LogP contribution in [0.3, 0.4) is 0 Å². The maximum absolute atomic E-state index is 12.1. The fourth-order valence-corrected chi connectivity index (χ4v) is 2.91. The largest absolute Gasteiger partial charge is 0.376 e. The number of carbonyl (C=O) groups is 2. The van der Waals surface area contributed by atoms with Gasteiger partial charge in [0.1, 0.15) is 0 Å². The van der Waals surface area contributed by atoms with Gasteiger partial charge in [-0.1, -0.05) is 41.4 Å². The second-order valence-electron chi connectivity index (χ2n) is 6.26. The van der Waals surface area contributed by atoms with Crippen molar-refractivity contribution >= 4 is 29.1 Å². The number of anilines is 1. The van der Waals surface area contributed by atoms with E-state index in [4.69, 9.17) is 11.6 Å². The Bertz CT molecular complexity index is 776. The molecular weight excluding hydrogens is 338 g/mol. The minimum Gasteiger partial charge on any atom is -0.376 e. The molecule has 1 aliphatic rings. The predicted octanol–water partition coefficient (Wildman–Crippen LogP) is 3.01. The molecule has 0 aliphatic heterocycles. The summed E-state index contributed by atoms with van der Waals surface area (Å²) in [7, 11) is 0. The van der Waals surface area contributed by atoms with Crippen molar-refractivity contribution in [1.82, 2.24) is 10.9 Å². The lowest BCUT2D eigenvalue weighted by Crippen LogP contribution is -2.45. The summed E-state index contributed by atoms with van der Waals surface area (Å²) in [6, 6.07) is 15.3. The minimum absolute atomic E-state index is 0.0890. The van der Waals surface area contributed by atoms with E-state index in [0.717, 1.165) is 23.2 Å². The number of amides is 2. The number of hydrogen-bond donors (Lipinski definition) is 3. The zero-order valence-corrected chi connectivity index (χ0v) is 14.6. The zero-order chi connectivity index (χ0) is 17.8. The van der Waals surface area contributed by atoms with Gasteiger partial charge in [-0.15, -0.1) is 0 Å². The van der Waals surface area contributed by atoms with Crippen molar-refractivity contribution < 1.29 is 9.59 Å². The van der Waals surface area contributed by atoms with E-state index in [1.54, 1.807) is 0 Å². The van der Waals surface area contributed by atoms with Crippen LogP contribution in [-0.2, 0) is 9.59 Å². The maximum atomic E-state index is 12.1. The Labute approximate surface area is 151 Å². The lowest BCUT2D eigenvalue weighted by atomic mass is 10.1. The van der Waals surface area contributed by atoms with Crippen LogP contribution in [0.25, 0.3) is 0 Å². The van der Waals surface area contributed by atoms with Crippen LogP contribution in [-0.4, -0.2) is 18.4 Å². The number of aryl methyl sites for hydroxylation is 1. The Balaban J connectivity index is 1.40. The lowest BCUT2D eigenvalue weighted by molar-refractivity contribution is -0.128. The van der Waals surface area contributed by atoms with Gasteiger partial charge in [0, 0.05) is 16.6 Å². The third kappa shape index (κ3) is 4.73. The standard InChI is InChI=1S/C19H20ClN3O2/c1-12-5-7-15(8-6-12)21-11-18(24)22-23-19(25)17-10-16(17)13-3-2-4-14(20)9-13/h2-9,16-17,21H,10-11H2,1H3,(H,22,24)(H,23,25). The van der Waals surface area contributed by atoms with E-state index in [-0.39, 0.29) is 30.2 Å². The van der Waals surface area contributed by atoms with Gasteiger partial charge in [-0.3, -0.25) is 20.4 Å². The van der Waals surface area contributed by atoms with Gasteiger partial charge >= 0.3 is 0 Å². The van der Waals surface area contributed by atoms with Gasteiger partial charge in [0.05, 0.1) is 6.54 Å². The van der Waals surface area contributed by atoms with Crippen LogP contribution >= 0.6 is 11.6 Å². The molecular formula is C19H20ClN3O2. The molecule has 1 aliphatic carbocycles. The van der Waals surface area contributed by atoms with Crippen molar-refractivity contribution in [1.29, 1.82) is 0 Å². The Kier molecular flexibility index (Phi) is 5.24. The average Bonchev–Trinajstić information content (AvgIpc) is 3.40. The first-order chi connectivity index (χ1) is 12.0. The van der Waals surface area contributed by atoms with Gasteiger partial charge in [-0.2, -0.15) is 0 Å². The van der Waals surface area contributed by atoms with Gasteiger partial charge in [0.25, 0.3) is 5.91 Å². The fourth-order valence-electron chi connectivity index (χ4n) is 2.71. The molecule has 6 heteroatoms. The third-order valence-corrected chi connectivity index (χ3v) is 4.47. The lowest BCUT2D eigenvalue weighted by Gasteiger charge is -2.09. The molecule has 3 N–H and O–H groups in total. The fraction of sp³-hybridized carbons (Fsp3) is 0.263. The molecule has 0 radical (unpaired) electrons. The van der Waals surface area contributed by atoms with Crippen LogP contribution in [0.5, 0.6) is 0 Å². The Hall–Kier alpha value is -2.53. The van der Waals surface area contributed by atoms with Crippen LogP contribution in [0.1, 0.15) is 23.5 Å². The molecule has 2 unspecified atom stereocenters. The van der Waals surface area contributed by atoms with Gasteiger partial charge in [-0.05, 0) is 49.1 Å². The van der Waals surface area contributed by atoms with Crippen LogP contribution in [0.2, 0.25) is 5.02 Å². The summed E-state index contributed by atoms with van der Waals surface area (Å²) in [5.74, 6) is -0.423. The van der Waals surface area contributed by atoms with Crippen LogP contribution < -0.4 is 16.2 Å². The molecule has 2 amide bonds. The molecule has 2 atom stereocenters. The quantitative estimate of drug-likeness (QED) is 0.720. The molecule has 0 aromatic heterocycles. The number of carbonyl (C=O) groups excluding carboxylic acids is 2. The van der Waals surface area contributed by atoms with Gasteiger partial charge < -0.3 is 5.32 Å². The number of hydrogen-bond acceptors (Lipinski definition) is 3. The second kappa shape index (κ2) is 7.57. The van der Waals surface area contributed by atoms with Gasteiger partial charge in [0.15, 0.2) is 0 Å². The average molecular weight is 358 g/mol. The molecule has 3 rings (SSSR count). The highest BCUT2D eigenvalue weighted by Gasteiger charge is 2.44. The Morgan fingerprint density at radius 2 is 1.88 bits per heavy atom. The Morgan fingerprint density at radius 1 is 1.12 bits per heavy atom. The SMILES string of the molecule is Cc1ccc(NCC(=O)NNC(=O)C2CC2c2cccc(Cl)c2)cc1. The maximum Gasteiger partial charge on any atom is 0.257 e. The summed E-state index contributed by atoms with van der Waals surface area (Å²) in [4.78, 5) is 23.9. The van der Waals surface area contributed by atoms with E-state index < -0.39 is 0 Å². The molecule has 1 saturated carbocycles. The summed E-state index contributed by atoms with van der Waals surface area (Å²) in [6.45, 7) is 2.09. The van der Waals surface area contributed by atoms with Crippen molar-refractivity contribution in [3.63, 3.8) is 0 Å². The first-order valence-electron chi connectivity index (χ1n) is 8.17. The molecule has 0 heterocycles.